The zero-order chi connectivity index (χ0) is 19.4. The van der Waals surface area contributed by atoms with E-state index in [2.05, 4.69) is 23.0 Å². The molecule has 0 saturated heterocycles. The summed E-state index contributed by atoms with van der Waals surface area (Å²) in [4.78, 5) is 0. The Balaban J connectivity index is 1.58. The Morgan fingerprint density at radius 2 is 1.96 bits per heavy atom. The zero-order valence-corrected chi connectivity index (χ0v) is 15.8. The van der Waals surface area contributed by atoms with Gasteiger partial charge in [-0.25, -0.2) is 0 Å². The minimum absolute atomic E-state index is 0.105. The summed E-state index contributed by atoms with van der Waals surface area (Å²) < 4.78 is 41.1. The van der Waals surface area contributed by atoms with Gasteiger partial charge in [0.05, 0.1) is 6.61 Å². The van der Waals surface area contributed by atoms with E-state index in [9.17, 15) is 8.78 Å². The van der Waals surface area contributed by atoms with Gasteiger partial charge in [-0.2, -0.15) is 8.78 Å². The number of ether oxygens (including phenoxy) is 3. The molecule has 1 N–H and O–H groups in total. The highest BCUT2D eigenvalue weighted by Gasteiger charge is 2.27. The topological polar surface area (TPSA) is 39.7 Å². The van der Waals surface area contributed by atoms with Gasteiger partial charge in [0.1, 0.15) is 11.5 Å². The van der Waals surface area contributed by atoms with Crippen LogP contribution in [0.25, 0.3) is 0 Å². The van der Waals surface area contributed by atoms with Crippen LogP contribution in [0.2, 0.25) is 0 Å². The lowest BCUT2D eigenvalue weighted by Gasteiger charge is -2.33. The van der Waals surface area contributed by atoms with Gasteiger partial charge >= 0.3 is 6.61 Å². The summed E-state index contributed by atoms with van der Waals surface area (Å²) in [5.74, 6) is 0.472. The number of rotatable bonds is 7. The molecule has 0 aromatic heterocycles. The molecule has 0 radical (unpaired) electrons. The smallest absolute Gasteiger partial charge is 0.387 e. The largest absolute Gasteiger partial charge is 0.463 e. The van der Waals surface area contributed by atoms with E-state index >= 15 is 0 Å². The number of hydrogen-bond donors (Lipinski definition) is 1. The van der Waals surface area contributed by atoms with Gasteiger partial charge in [-0.15, -0.1) is 0 Å². The van der Waals surface area contributed by atoms with Crippen molar-refractivity contribution in [3.8, 4) is 11.5 Å². The summed E-state index contributed by atoms with van der Waals surface area (Å²) in [7, 11) is 0. The highest BCUT2D eigenvalue weighted by molar-refractivity contribution is 5.39. The van der Waals surface area contributed by atoms with E-state index in [1.807, 2.05) is 32.0 Å². The van der Waals surface area contributed by atoms with Crippen molar-refractivity contribution >= 4 is 0 Å². The van der Waals surface area contributed by atoms with Crippen LogP contribution in [0.4, 0.5) is 8.78 Å². The second-order valence-corrected chi connectivity index (χ2v) is 7.07. The molecule has 3 rings (SSSR count). The molecule has 0 unspecified atom stereocenters. The van der Waals surface area contributed by atoms with Gasteiger partial charge in [0.2, 0.25) is 5.79 Å². The maximum absolute atomic E-state index is 12.5. The van der Waals surface area contributed by atoms with Crippen LogP contribution in [-0.2, 0) is 17.8 Å². The Morgan fingerprint density at radius 3 is 2.74 bits per heavy atom. The maximum Gasteiger partial charge on any atom is 0.387 e. The number of benzene rings is 2. The van der Waals surface area contributed by atoms with Crippen molar-refractivity contribution in [2.24, 2.45) is 0 Å². The molecule has 6 heteroatoms. The highest BCUT2D eigenvalue weighted by atomic mass is 19.3. The number of fused-ring (bicyclic) bond motifs is 1. The predicted molar refractivity (Wildman–Crippen MR) is 99.1 cm³/mol. The summed E-state index contributed by atoms with van der Waals surface area (Å²) >= 11 is 0. The van der Waals surface area contributed by atoms with Crippen molar-refractivity contribution in [3.05, 3.63) is 59.2 Å². The first-order chi connectivity index (χ1) is 12.8. The first-order valence-electron chi connectivity index (χ1n) is 9.06. The number of halogens is 2. The van der Waals surface area contributed by atoms with Crippen molar-refractivity contribution in [2.45, 2.75) is 52.2 Å². The minimum Gasteiger partial charge on any atom is -0.463 e. The van der Waals surface area contributed by atoms with Crippen LogP contribution < -0.4 is 14.8 Å². The van der Waals surface area contributed by atoms with Crippen LogP contribution in [0.1, 0.15) is 43.5 Å². The lowest BCUT2D eigenvalue weighted by Crippen LogP contribution is -2.35. The van der Waals surface area contributed by atoms with Crippen molar-refractivity contribution in [2.75, 3.05) is 6.54 Å². The molecule has 27 heavy (non-hydrogen) atoms. The maximum atomic E-state index is 12.5. The average Bonchev–Trinajstić information content (AvgIpc) is 2.61. The zero-order valence-electron chi connectivity index (χ0n) is 15.8. The van der Waals surface area contributed by atoms with E-state index in [1.165, 1.54) is 0 Å². The second-order valence-electron chi connectivity index (χ2n) is 7.07. The predicted octanol–water partition coefficient (Wildman–Crippen LogP) is 4.83. The first-order valence-corrected chi connectivity index (χ1v) is 9.06. The molecule has 4 nitrogen and oxygen atoms in total. The van der Waals surface area contributed by atoms with Gasteiger partial charge in [-0.3, -0.25) is 0 Å². The van der Waals surface area contributed by atoms with E-state index < -0.39 is 12.4 Å². The lowest BCUT2D eigenvalue weighted by molar-refractivity contribution is -0.180. The number of hydrogen-bond acceptors (Lipinski definition) is 4. The molecule has 146 valence electrons. The normalized spacial score (nSPS) is 16.5. The summed E-state index contributed by atoms with van der Waals surface area (Å²) in [5, 5.41) is 3.43. The first kappa shape index (κ1) is 19.6. The fourth-order valence-corrected chi connectivity index (χ4v) is 3.09. The van der Waals surface area contributed by atoms with Crippen LogP contribution in [0, 0.1) is 0 Å². The van der Waals surface area contributed by atoms with Crippen molar-refractivity contribution in [1.29, 1.82) is 0 Å². The summed E-state index contributed by atoms with van der Waals surface area (Å²) in [6, 6.07) is 13.1. The van der Waals surface area contributed by atoms with Gasteiger partial charge in [-0.05, 0) is 49.2 Å². The molecule has 2 aromatic carbocycles. The number of alkyl halides is 2. The molecule has 1 heterocycles. The lowest BCUT2D eigenvalue weighted by atomic mass is 10.0. The quantitative estimate of drug-likeness (QED) is 0.750. The standard InChI is InChI=1S/C21H25F2NO3/c1-14(16-8-9-19-17(12-16)13-25-21(2,3)27-19)24-11-10-15-6-4-5-7-18(15)26-20(22)23/h4-9,12,14,20,24H,10-11,13H2,1-3H3/t14-/m1/s1. The molecule has 1 atom stereocenters. The van der Waals surface area contributed by atoms with Crippen LogP contribution in [0.15, 0.2) is 42.5 Å². The highest BCUT2D eigenvalue weighted by Crippen LogP contribution is 2.32. The SMILES string of the molecule is C[C@@H](NCCc1ccccc1OC(F)F)c1ccc2c(c1)COC(C)(C)O2. The van der Waals surface area contributed by atoms with E-state index in [-0.39, 0.29) is 11.8 Å². The fraction of sp³-hybridized carbons (Fsp3) is 0.429. The Kier molecular flexibility index (Phi) is 5.97. The molecular formula is C21H25F2NO3. The third-order valence-corrected chi connectivity index (χ3v) is 4.55. The molecule has 0 spiro atoms. The molecule has 0 fully saturated rings. The monoisotopic (exact) mass is 377 g/mol. The van der Waals surface area contributed by atoms with Crippen molar-refractivity contribution in [1.82, 2.24) is 5.32 Å². The second kappa shape index (κ2) is 8.23. The van der Waals surface area contributed by atoms with Crippen LogP contribution in [0.5, 0.6) is 11.5 Å². The number of nitrogens with one attached hydrogen (secondary N) is 1. The van der Waals surface area contributed by atoms with Crippen LogP contribution in [0.3, 0.4) is 0 Å². The van der Waals surface area contributed by atoms with E-state index in [0.29, 0.717) is 19.6 Å². The van der Waals surface area contributed by atoms with Gasteiger partial charge in [0, 0.05) is 25.5 Å². The average molecular weight is 377 g/mol. The Morgan fingerprint density at radius 1 is 1.19 bits per heavy atom. The molecule has 2 aromatic rings. The van der Waals surface area contributed by atoms with E-state index in [0.717, 1.165) is 22.4 Å². The Bertz CT molecular complexity index is 780. The van der Waals surface area contributed by atoms with Gasteiger partial charge < -0.3 is 19.5 Å². The van der Waals surface area contributed by atoms with Crippen molar-refractivity contribution < 1.29 is 23.0 Å². The summed E-state index contributed by atoms with van der Waals surface area (Å²) in [6.07, 6.45) is 0.596. The number of para-hydroxylation sites is 1. The van der Waals surface area contributed by atoms with Gasteiger partial charge in [0.25, 0.3) is 0 Å². The van der Waals surface area contributed by atoms with Crippen LogP contribution >= 0.6 is 0 Å². The molecule has 0 bridgehead atoms. The Hall–Kier alpha value is -2.18. The van der Waals surface area contributed by atoms with Crippen molar-refractivity contribution in [3.63, 3.8) is 0 Å². The molecule has 0 amide bonds. The van der Waals surface area contributed by atoms with Crippen LogP contribution in [-0.4, -0.2) is 18.9 Å². The third-order valence-electron chi connectivity index (χ3n) is 4.55. The summed E-state index contributed by atoms with van der Waals surface area (Å²) in [6.45, 7) is 4.19. The fourth-order valence-electron chi connectivity index (χ4n) is 3.09. The van der Waals surface area contributed by atoms with E-state index in [4.69, 9.17) is 9.47 Å². The molecular weight excluding hydrogens is 352 g/mol. The summed E-state index contributed by atoms with van der Waals surface area (Å²) in [5.41, 5.74) is 2.90. The van der Waals surface area contributed by atoms with Gasteiger partial charge in [-0.1, -0.05) is 24.3 Å². The van der Waals surface area contributed by atoms with Gasteiger partial charge in [0.15, 0.2) is 0 Å². The molecule has 1 aliphatic rings. The third kappa shape index (κ3) is 5.17. The Labute approximate surface area is 158 Å². The molecule has 0 aliphatic carbocycles. The van der Waals surface area contributed by atoms with E-state index in [1.54, 1.807) is 18.2 Å². The molecule has 1 aliphatic heterocycles. The minimum atomic E-state index is -2.82. The molecule has 0 saturated carbocycles.